The molecule has 1 aromatic carbocycles. The second kappa shape index (κ2) is 12.7. The van der Waals surface area contributed by atoms with Crippen molar-refractivity contribution in [3.8, 4) is 5.75 Å². The molecule has 9 heteroatoms. The molecular weight excluding hydrogens is 508 g/mol. The summed E-state index contributed by atoms with van der Waals surface area (Å²) in [5.74, 6) is 0.525. The molecule has 3 fully saturated rings. The van der Waals surface area contributed by atoms with Crippen LogP contribution in [0.25, 0.3) is 0 Å². The number of benzene rings is 1. The van der Waals surface area contributed by atoms with Crippen molar-refractivity contribution in [3.05, 3.63) is 56.5 Å². The number of hydrogen-bond acceptors (Lipinski definition) is 7. The summed E-state index contributed by atoms with van der Waals surface area (Å²) in [7, 11) is 0. The molecule has 1 aromatic heterocycles. The van der Waals surface area contributed by atoms with Crippen LogP contribution in [-0.2, 0) is 16.0 Å². The molecule has 0 bridgehead atoms. The zero-order valence-electron chi connectivity index (χ0n) is 24.4. The molecule has 2 aliphatic heterocycles. The van der Waals surface area contributed by atoms with Crippen molar-refractivity contribution in [1.82, 2.24) is 15.2 Å². The zero-order valence-corrected chi connectivity index (χ0v) is 24.4. The first-order chi connectivity index (χ1) is 19.3. The van der Waals surface area contributed by atoms with Gasteiger partial charge in [-0.1, -0.05) is 0 Å². The molecular formula is C31H44N4O5. The van der Waals surface area contributed by atoms with E-state index in [1.807, 2.05) is 32.9 Å². The Bertz CT molecular complexity index is 1240. The summed E-state index contributed by atoms with van der Waals surface area (Å²) in [6.07, 6.45) is 4.01. The lowest BCUT2D eigenvalue weighted by atomic mass is 9.87. The number of pyridine rings is 1. The average molecular weight is 553 g/mol. The normalized spacial score (nSPS) is 22.0. The number of aromatic nitrogens is 1. The van der Waals surface area contributed by atoms with E-state index in [4.69, 9.17) is 14.2 Å². The maximum absolute atomic E-state index is 13.6. The molecule has 0 atom stereocenters. The summed E-state index contributed by atoms with van der Waals surface area (Å²) in [5, 5.41) is 3.01. The topological polar surface area (TPSA) is 96.1 Å². The quantitative estimate of drug-likeness (QED) is 0.492. The van der Waals surface area contributed by atoms with Gasteiger partial charge in [0.2, 0.25) is 0 Å². The average Bonchev–Trinajstić information content (AvgIpc) is 2.92. The Morgan fingerprint density at radius 2 is 1.77 bits per heavy atom. The first-order valence-electron chi connectivity index (χ1n) is 14.8. The highest BCUT2D eigenvalue weighted by Crippen LogP contribution is 2.36. The number of amides is 1. The van der Waals surface area contributed by atoms with Crippen LogP contribution in [0.3, 0.4) is 0 Å². The summed E-state index contributed by atoms with van der Waals surface area (Å²) in [4.78, 5) is 33.9. The van der Waals surface area contributed by atoms with Gasteiger partial charge in [0.25, 0.3) is 11.5 Å². The molecule has 2 N–H and O–H groups in total. The van der Waals surface area contributed by atoms with E-state index in [0.29, 0.717) is 23.2 Å². The highest BCUT2D eigenvalue weighted by molar-refractivity contribution is 5.97. The van der Waals surface area contributed by atoms with Gasteiger partial charge in [0, 0.05) is 92.9 Å². The van der Waals surface area contributed by atoms with E-state index in [2.05, 4.69) is 33.1 Å². The fourth-order valence-corrected chi connectivity index (χ4v) is 6.33. The van der Waals surface area contributed by atoms with E-state index in [0.717, 1.165) is 100 Å². The Hall–Kier alpha value is -2.88. The molecule has 3 aliphatic rings. The third-order valence-electron chi connectivity index (χ3n) is 8.73. The number of carbonyl (C=O) groups excluding carboxylic acids is 1. The van der Waals surface area contributed by atoms with Gasteiger partial charge in [0.1, 0.15) is 11.9 Å². The lowest BCUT2D eigenvalue weighted by Gasteiger charge is -2.44. The molecule has 0 spiro atoms. The largest absolute Gasteiger partial charge is 0.490 e. The van der Waals surface area contributed by atoms with E-state index < -0.39 is 0 Å². The Balaban J connectivity index is 1.37. The van der Waals surface area contributed by atoms with E-state index >= 15 is 0 Å². The Morgan fingerprint density at radius 1 is 1.07 bits per heavy atom. The van der Waals surface area contributed by atoms with Crippen LogP contribution < -0.4 is 20.5 Å². The van der Waals surface area contributed by atoms with Crippen LogP contribution >= 0.6 is 0 Å². The van der Waals surface area contributed by atoms with Crippen LogP contribution in [0.1, 0.15) is 65.3 Å². The molecule has 1 amide bonds. The summed E-state index contributed by atoms with van der Waals surface area (Å²) in [6, 6.07) is 6.80. The first-order valence-corrected chi connectivity index (χ1v) is 14.8. The van der Waals surface area contributed by atoms with Crippen molar-refractivity contribution in [3.63, 3.8) is 0 Å². The molecule has 40 heavy (non-hydrogen) atoms. The van der Waals surface area contributed by atoms with Gasteiger partial charge >= 0.3 is 0 Å². The number of carbonyl (C=O) groups is 1. The first kappa shape index (κ1) is 28.6. The van der Waals surface area contributed by atoms with Gasteiger partial charge in [-0.25, -0.2) is 0 Å². The number of ether oxygens (including phenoxy) is 3. The molecule has 218 valence electrons. The van der Waals surface area contributed by atoms with Crippen molar-refractivity contribution in [2.45, 2.75) is 78.1 Å². The Kier molecular flexibility index (Phi) is 9.13. The molecule has 1 saturated carbocycles. The number of H-pyrrole nitrogens is 1. The molecule has 0 unspecified atom stereocenters. The minimum Gasteiger partial charge on any atom is -0.490 e. The van der Waals surface area contributed by atoms with Crippen LogP contribution in [0.5, 0.6) is 5.75 Å². The van der Waals surface area contributed by atoms with Gasteiger partial charge in [0.05, 0.1) is 13.2 Å². The van der Waals surface area contributed by atoms with Crippen LogP contribution in [0.2, 0.25) is 0 Å². The highest BCUT2D eigenvalue weighted by Gasteiger charge is 2.36. The van der Waals surface area contributed by atoms with E-state index in [1.54, 1.807) is 0 Å². The maximum Gasteiger partial charge on any atom is 0.253 e. The van der Waals surface area contributed by atoms with Crippen LogP contribution in [-0.4, -0.2) is 80.0 Å². The van der Waals surface area contributed by atoms with Gasteiger partial charge in [-0.05, 0) is 63.8 Å². The molecule has 0 radical (unpaired) electrons. The number of aromatic amines is 1. The molecule has 9 nitrogen and oxygen atoms in total. The third-order valence-corrected chi connectivity index (χ3v) is 8.73. The van der Waals surface area contributed by atoms with Gasteiger partial charge in [-0.2, -0.15) is 0 Å². The lowest BCUT2D eigenvalue weighted by molar-refractivity contribution is -0.0373. The number of morpholine rings is 1. The number of anilines is 1. The molecule has 5 rings (SSSR count). The van der Waals surface area contributed by atoms with Gasteiger partial charge in [0.15, 0.2) is 0 Å². The predicted octanol–water partition coefficient (Wildman–Crippen LogP) is 3.48. The smallest absolute Gasteiger partial charge is 0.253 e. The van der Waals surface area contributed by atoms with E-state index in [9.17, 15) is 9.59 Å². The SMILES string of the molecule is CCN(c1cc(O[C@H]2C[C@H](N3CCOCC3)C2)cc(C(=O)NCc2c(C)cc(C)[nH]c2=O)c1C)C1CCOCC1. The Morgan fingerprint density at radius 3 is 2.45 bits per heavy atom. The standard InChI is InChI=1S/C31H44N4O5/c1-5-35(23-6-10-38-11-7-23)29-18-26(40-25-15-24(16-25)34-8-12-39-13-9-34)17-27(22(29)4)30(36)32-19-28-20(2)14-21(3)33-31(28)37/h14,17-18,23-25H,5-13,15-16,19H2,1-4H3,(H,32,36)(H,33,37)/t24-,25-. The number of rotatable bonds is 9. The van der Waals surface area contributed by atoms with Crippen LogP contribution in [0, 0.1) is 20.8 Å². The van der Waals surface area contributed by atoms with Crippen LogP contribution in [0.4, 0.5) is 5.69 Å². The van der Waals surface area contributed by atoms with Crippen molar-refractivity contribution >= 4 is 11.6 Å². The molecule has 1 aliphatic carbocycles. The summed E-state index contributed by atoms with van der Waals surface area (Å²) < 4.78 is 17.6. The molecule has 3 heterocycles. The summed E-state index contributed by atoms with van der Waals surface area (Å²) in [5.41, 5.74) is 4.63. The number of hydrogen-bond donors (Lipinski definition) is 2. The van der Waals surface area contributed by atoms with Crippen molar-refractivity contribution < 1.29 is 19.0 Å². The summed E-state index contributed by atoms with van der Waals surface area (Å²) >= 11 is 0. The van der Waals surface area contributed by atoms with Gasteiger partial charge in [-0.15, -0.1) is 0 Å². The van der Waals surface area contributed by atoms with Crippen LogP contribution in [0.15, 0.2) is 23.0 Å². The maximum atomic E-state index is 13.6. The zero-order chi connectivity index (χ0) is 28.2. The molecule has 2 aromatic rings. The lowest BCUT2D eigenvalue weighted by Crippen LogP contribution is -2.52. The number of nitrogens with zero attached hydrogens (tertiary/aromatic N) is 2. The predicted molar refractivity (Wildman–Crippen MR) is 156 cm³/mol. The highest BCUT2D eigenvalue weighted by atomic mass is 16.5. The van der Waals surface area contributed by atoms with Gasteiger partial charge in [-0.3, -0.25) is 14.5 Å². The fourth-order valence-electron chi connectivity index (χ4n) is 6.33. The third kappa shape index (κ3) is 6.37. The second-order valence-electron chi connectivity index (χ2n) is 11.4. The van der Waals surface area contributed by atoms with Crippen molar-refractivity contribution in [2.24, 2.45) is 0 Å². The number of nitrogens with one attached hydrogen (secondary N) is 2. The van der Waals surface area contributed by atoms with E-state index in [1.165, 1.54) is 0 Å². The number of aryl methyl sites for hydroxylation is 2. The minimum atomic E-state index is -0.202. The minimum absolute atomic E-state index is 0.131. The Labute approximate surface area is 237 Å². The molecule has 2 saturated heterocycles. The van der Waals surface area contributed by atoms with E-state index in [-0.39, 0.29) is 24.1 Å². The van der Waals surface area contributed by atoms with Crippen molar-refractivity contribution in [1.29, 1.82) is 0 Å². The fraction of sp³-hybridized carbons (Fsp3) is 0.613. The second-order valence-corrected chi connectivity index (χ2v) is 11.4. The van der Waals surface area contributed by atoms with Crippen molar-refractivity contribution in [2.75, 3.05) is 51.0 Å². The monoisotopic (exact) mass is 552 g/mol. The van der Waals surface area contributed by atoms with Gasteiger partial charge < -0.3 is 29.4 Å². The summed E-state index contributed by atoms with van der Waals surface area (Å²) in [6.45, 7) is 14.0.